The molecule has 0 atom stereocenters. The Kier molecular flexibility index (Phi) is 4.88. The van der Waals surface area contributed by atoms with Gasteiger partial charge >= 0.3 is 5.97 Å². The summed E-state index contributed by atoms with van der Waals surface area (Å²) in [6, 6.07) is 26.6. The Morgan fingerprint density at radius 1 is 0.912 bits per heavy atom. The molecule has 1 saturated carbocycles. The van der Waals surface area contributed by atoms with E-state index in [0.717, 1.165) is 57.2 Å². The van der Waals surface area contributed by atoms with E-state index >= 15 is 0 Å². The lowest BCUT2D eigenvalue weighted by molar-refractivity contribution is 0.0697. The number of aromatic amines is 1. The Morgan fingerprint density at radius 2 is 1.71 bits per heavy atom. The van der Waals surface area contributed by atoms with Gasteiger partial charge in [-0.3, -0.25) is 0 Å². The summed E-state index contributed by atoms with van der Waals surface area (Å²) < 4.78 is 0. The first-order chi connectivity index (χ1) is 16.7. The second-order valence-electron chi connectivity index (χ2n) is 8.78. The summed E-state index contributed by atoms with van der Waals surface area (Å²) in [7, 11) is 0. The zero-order valence-corrected chi connectivity index (χ0v) is 18.5. The van der Waals surface area contributed by atoms with Crippen LogP contribution in [0, 0.1) is 0 Å². The normalized spacial score (nSPS) is 13.2. The molecule has 5 aromatic rings. The third-order valence-corrected chi connectivity index (χ3v) is 6.39. The van der Waals surface area contributed by atoms with Crippen LogP contribution in [0.1, 0.15) is 34.7 Å². The Hall–Kier alpha value is -4.38. The third kappa shape index (κ3) is 3.82. The standard InChI is InChI=1S/C29H23N3O2/c33-29(34)26-15-23(19-9-10-19)17-31-28(26)32-24-14-22-11-12-30-27(22)25(16-24)21-8-4-7-20(13-21)18-5-2-1-3-6-18/h1-8,11-17,19,30H,9-10H2,(H,31,32)(H,33,34). The summed E-state index contributed by atoms with van der Waals surface area (Å²) in [5.41, 5.74) is 7.44. The van der Waals surface area contributed by atoms with Crippen molar-refractivity contribution >= 4 is 28.4 Å². The number of carboxylic acid groups (broad SMARTS) is 1. The van der Waals surface area contributed by atoms with E-state index in [9.17, 15) is 9.90 Å². The third-order valence-electron chi connectivity index (χ3n) is 6.39. The molecule has 1 aliphatic carbocycles. The summed E-state index contributed by atoms with van der Waals surface area (Å²) in [4.78, 5) is 19.8. The van der Waals surface area contributed by atoms with Crippen LogP contribution in [-0.2, 0) is 0 Å². The van der Waals surface area contributed by atoms with Gasteiger partial charge in [0.1, 0.15) is 11.4 Å². The number of anilines is 2. The second kappa shape index (κ2) is 8.19. The Bertz CT molecular complexity index is 1520. The monoisotopic (exact) mass is 445 g/mol. The zero-order chi connectivity index (χ0) is 23.1. The van der Waals surface area contributed by atoms with Crippen LogP contribution >= 0.6 is 0 Å². The molecule has 0 saturated heterocycles. The van der Waals surface area contributed by atoms with E-state index in [1.54, 1.807) is 12.3 Å². The number of aromatic nitrogens is 2. The minimum Gasteiger partial charge on any atom is -0.478 e. The maximum Gasteiger partial charge on any atom is 0.339 e. The molecule has 3 aromatic carbocycles. The molecule has 2 heterocycles. The molecule has 0 amide bonds. The van der Waals surface area contributed by atoms with Crippen molar-refractivity contribution in [3.63, 3.8) is 0 Å². The van der Waals surface area contributed by atoms with Crippen LogP contribution in [0.3, 0.4) is 0 Å². The van der Waals surface area contributed by atoms with Gasteiger partial charge in [-0.15, -0.1) is 0 Å². The van der Waals surface area contributed by atoms with Crippen LogP contribution in [-0.4, -0.2) is 21.0 Å². The van der Waals surface area contributed by atoms with E-state index < -0.39 is 5.97 Å². The van der Waals surface area contributed by atoms with Gasteiger partial charge in [0.05, 0.1) is 5.52 Å². The maximum atomic E-state index is 12.0. The molecule has 0 unspecified atom stereocenters. The molecule has 1 fully saturated rings. The van der Waals surface area contributed by atoms with Crippen molar-refractivity contribution in [1.82, 2.24) is 9.97 Å². The molecule has 0 spiro atoms. The first-order valence-electron chi connectivity index (χ1n) is 11.4. The van der Waals surface area contributed by atoms with Crippen LogP contribution in [0.15, 0.2) is 91.3 Å². The highest BCUT2D eigenvalue weighted by Crippen LogP contribution is 2.41. The number of aromatic carboxylic acids is 1. The number of carbonyl (C=O) groups is 1. The van der Waals surface area contributed by atoms with E-state index in [1.165, 1.54) is 0 Å². The van der Waals surface area contributed by atoms with Crippen molar-refractivity contribution in [1.29, 1.82) is 0 Å². The summed E-state index contributed by atoms with van der Waals surface area (Å²) >= 11 is 0. The molecular weight excluding hydrogens is 422 g/mol. The predicted molar refractivity (Wildman–Crippen MR) is 136 cm³/mol. The predicted octanol–water partition coefficient (Wildman–Crippen LogP) is 7.22. The lowest BCUT2D eigenvalue weighted by Gasteiger charge is -2.13. The first-order valence-corrected chi connectivity index (χ1v) is 11.4. The molecule has 5 heteroatoms. The lowest BCUT2D eigenvalue weighted by Crippen LogP contribution is -2.06. The van der Waals surface area contributed by atoms with Gasteiger partial charge in [0.25, 0.3) is 0 Å². The van der Waals surface area contributed by atoms with Gasteiger partial charge in [-0.1, -0.05) is 48.5 Å². The van der Waals surface area contributed by atoms with Gasteiger partial charge in [0.15, 0.2) is 0 Å². The van der Waals surface area contributed by atoms with Crippen molar-refractivity contribution in [3.05, 3.63) is 102 Å². The fraction of sp³-hybridized carbons (Fsp3) is 0.103. The van der Waals surface area contributed by atoms with Crippen LogP contribution in [0.4, 0.5) is 11.5 Å². The van der Waals surface area contributed by atoms with Crippen LogP contribution < -0.4 is 5.32 Å². The zero-order valence-electron chi connectivity index (χ0n) is 18.5. The molecule has 6 rings (SSSR count). The van der Waals surface area contributed by atoms with Gasteiger partial charge in [-0.25, -0.2) is 9.78 Å². The van der Waals surface area contributed by atoms with Gasteiger partial charge < -0.3 is 15.4 Å². The molecule has 0 aliphatic heterocycles. The number of pyridine rings is 1. The Morgan fingerprint density at radius 3 is 2.50 bits per heavy atom. The topological polar surface area (TPSA) is 78.0 Å². The number of hydrogen-bond acceptors (Lipinski definition) is 3. The summed E-state index contributed by atoms with van der Waals surface area (Å²) in [6.45, 7) is 0. The molecule has 0 bridgehead atoms. The van der Waals surface area contributed by atoms with Crippen LogP contribution in [0.25, 0.3) is 33.2 Å². The highest BCUT2D eigenvalue weighted by atomic mass is 16.4. The smallest absolute Gasteiger partial charge is 0.339 e. The lowest BCUT2D eigenvalue weighted by atomic mass is 9.97. The summed E-state index contributed by atoms with van der Waals surface area (Å²) in [6.07, 6.45) is 5.92. The number of benzene rings is 3. The van der Waals surface area contributed by atoms with Crippen molar-refractivity contribution in [3.8, 4) is 22.3 Å². The van der Waals surface area contributed by atoms with Crippen LogP contribution in [0.2, 0.25) is 0 Å². The summed E-state index contributed by atoms with van der Waals surface area (Å²) in [5, 5.41) is 14.1. The van der Waals surface area contributed by atoms with E-state index in [4.69, 9.17) is 0 Å². The quantitative estimate of drug-likeness (QED) is 0.258. The van der Waals surface area contributed by atoms with Gasteiger partial charge in [-0.05, 0) is 71.3 Å². The molecule has 166 valence electrons. The SMILES string of the molecule is O=C(O)c1cc(C2CC2)cnc1Nc1cc(-c2cccc(-c3ccccc3)c2)c2[nH]ccc2c1. The number of hydrogen-bond donors (Lipinski definition) is 3. The molecule has 2 aromatic heterocycles. The highest BCUT2D eigenvalue weighted by Gasteiger charge is 2.26. The molecule has 1 aliphatic rings. The number of rotatable bonds is 6. The largest absolute Gasteiger partial charge is 0.478 e. The van der Waals surface area contributed by atoms with Crippen molar-refractivity contribution in [2.24, 2.45) is 0 Å². The molecule has 0 radical (unpaired) electrons. The van der Waals surface area contributed by atoms with Crippen LogP contribution in [0.5, 0.6) is 0 Å². The van der Waals surface area contributed by atoms with Crippen molar-refractivity contribution in [2.45, 2.75) is 18.8 Å². The molecule has 5 nitrogen and oxygen atoms in total. The number of nitrogens with one attached hydrogen (secondary N) is 2. The fourth-order valence-corrected chi connectivity index (χ4v) is 4.49. The second-order valence-corrected chi connectivity index (χ2v) is 8.78. The number of H-pyrrole nitrogens is 1. The summed E-state index contributed by atoms with van der Waals surface area (Å²) in [5.74, 6) is -0.175. The molecular formula is C29H23N3O2. The van der Waals surface area contributed by atoms with E-state index in [1.807, 2.05) is 42.6 Å². The fourth-order valence-electron chi connectivity index (χ4n) is 4.49. The van der Waals surface area contributed by atoms with Gasteiger partial charge in [0.2, 0.25) is 0 Å². The molecule has 3 N–H and O–H groups in total. The van der Waals surface area contributed by atoms with Gasteiger partial charge in [0, 0.05) is 29.0 Å². The Balaban J connectivity index is 1.42. The average Bonchev–Trinajstić information content (AvgIpc) is 3.61. The number of nitrogens with zero attached hydrogens (tertiary/aromatic N) is 1. The van der Waals surface area contributed by atoms with E-state index in [0.29, 0.717) is 11.7 Å². The van der Waals surface area contributed by atoms with Crippen molar-refractivity contribution in [2.75, 3.05) is 5.32 Å². The number of fused-ring (bicyclic) bond motifs is 1. The van der Waals surface area contributed by atoms with Gasteiger partial charge in [-0.2, -0.15) is 0 Å². The number of carboxylic acids is 1. The van der Waals surface area contributed by atoms with E-state index in [-0.39, 0.29) is 5.56 Å². The van der Waals surface area contributed by atoms with Crippen molar-refractivity contribution < 1.29 is 9.90 Å². The minimum absolute atomic E-state index is 0.200. The first kappa shape index (κ1) is 20.2. The Labute approximate surface area is 197 Å². The minimum atomic E-state index is -0.976. The van der Waals surface area contributed by atoms with E-state index in [2.05, 4.69) is 51.7 Å². The highest BCUT2D eigenvalue weighted by molar-refractivity contribution is 5.99. The average molecular weight is 446 g/mol. The molecule has 34 heavy (non-hydrogen) atoms. The maximum absolute atomic E-state index is 12.0.